The minimum Gasteiger partial charge on any atom is -0.395 e. The van der Waals surface area contributed by atoms with Gasteiger partial charge < -0.3 is 14.6 Å². The van der Waals surface area contributed by atoms with Gasteiger partial charge in [-0.3, -0.25) is 9.69 Å². The summed E-state index contributed by atoms with van der Waals surface area (Å²) in [7, 11) is 3.09. The number of carbonyl (C=O) groups excluding carboxylic acids is 1. The number of aliphatic hydroxyl groups excluding tert-OH is 1. The van der Waals surface area contributed by atoms with Gasteiger partial charge in [0.25, 0.3) is 0 Å². The Labute approximate surface area is 84.6 Å². The second-order valence-corrected chi connectivity index (χ2v) is 2.96. The molecule has 14 heavy (non-hydrogen) atoms. The third-order valence-electron chi connectivity index (χ3n) is 1.73. The molecule has 0 aliphatic carbocycles. The molecule has 84 valence electrons. The maximum atomic E-state index is 11.2. The van der Waals surface area contributed by atoms with E-state index in [-0.39, 0.29) is 19.0 Å². The van der Waals surface area contributed by atoms with Gasteiger partial charge in [0.1, 0.15) is 6.61 Å². The number of hydrogen-bond donors (Lipinski definition) is 1. The topological polar surface area (TPSA) is 59.0 Å². The Balaban J connectivity index is 3.75. The normalized spacial score (nSPS) is 10.9. The van der Waals surface area contributed by atoms with Crippen LogP contribution in [0.3, 0.4) is 0 Å². The number of nitrogens with zero attached hydrogens (tertiary/aromatic N) is 1. The van der Waals surface area contributed by atoms with Crippen molar-refractivity contribution in [1.82, 2.24) is 4.90 Å². The summed E-state index contributed by atoms with van der Waals surface area (Å²) in [5.74, 6) is 0.0112. The minimum atomic E-state index is 0.0112. The van der Waals surface area contributed by atoms with Crippen LogP contribution in [0.4, 0.5) is 0 Å². The van der Waals surface area contributed by atoms with E-state index in [1.54, 1.807) is 7.11 Å². The number of methoxy groups -OCH3 is 2. The van der Waals surface area contributed by atoms with Crippen LogP contribution in [0.2, 0.25) is 0 Å². The predicted octanol–water partition coefficient (Wildman–Crippen LogP) is -0.857. The minimum absolute atomic E-state index is 0.0112. The number of ether oxygens (including phenoxy) is 2. The van der Waals surface area contributed by atoms with Gasteiger partial charge in [0, 0.05) is 27.3 Å². The monoisotopic (exact) mass is 205 g/mol. The first-order valence-electron chi connectivity index (χ1n) is 4.57. The Kier molecular flexibility index (Phi) is 8.76. The largest absolute Gasteiger partial charge is 0.395 e. The lowest BCUT2D eigenvalue weighted by Gasteiger charge is -2.19. The molecule has 0 saturated carbocycles. The van der Waals surface area contributed by atoms with Gasteiger partial charge in [-0.25, -0.2) is 0 Å². The molecule has 0 aliphatic rings. The summed E-state index contributed by atoms with van der Waals surface area (Å²) in [5.41, 5.74) is 0. The van der Waals surface area contributed by atoms with Gasteiger partial charge >= 0.3 is 0 Å². The van der Waals surface area contributed by atoms with E-state index in [1.807, 2.05) is 4.90 Å². The molecule has 0 atom stereocenters. The summed E-state index contributed by atoms with van der Waals surface area (Å²) in [5, 5.41) is 8.75. The Hall–Kier alpha value is -0.490. The average molecular weight is 205 g/mol. The summed E-state index contributed by atoms with van der Waals surface area (Å²) in [6.45, 7) is 2.15. The lowest BCUT2D eigenvalue weighted by atomic mass is 10.3. The van der Waals surface area contributed by atoms with Crippen LogP contribution in [0.15, 0.2) is 0 Å². The molecule has 0 amide bonds. The first-order valence-corrected chi connectivity index (χ1v) is 4.57. The number of Topliss-reactive ketones (excluding diaryl/α,β-unsaturated/α-hetero) is 1. The van der Waals surface area contributed by atoms with E-state index in [0.717, 1.165) is 0 Å². The Morgan fingerprint density at radius 3 is 2.50 bits per heavy atom. The molecule has 0 fully saturated rings. The molecular formula is C9H19NO4. The van der Waals surface area contributed by atoms with Crippen LogP contribution in [0.25, 0.3) is 0 Å². The molecule has 0 heterocycles. The molecule has 0 rings (SSSR count). The predicted molar refractivity (Wildman–Crippen MR) is 52.3 cm³/mol. The average Bonchev–Trinajstić information content (AvgIpc) is 2.15. The summed E-state index contributed by atoms with van der Waals surface area (Å²) in [4.78, 5) is 13.0. The third kappa shape index (κ3) is 6.97. The van der Waals surface area contributed by atoms with Crippen LogP contribution in [0.5, 0.6) is 0 Å². The number of rotatable bonds is 9. The van der Waals surface area contributed by atoms with Crippen LogP contribution in [-0.2, 0) is 14.3 Å². The molecule has 1 N–H and O–H groups in total. The van der Waals surface area contributed by atoms with Crippen LogP contribution >= 0.6 is 0 Å². The second-order valence-electron chi connectivity index (χ2n) is 2.96. The number of aliphatic hydroxyl groups is 1. The molecule has 0 aliphatic heterocycles. The maximum absolute atomic E-state index is 11.2. The van der Waals surface area contributed by atoms with Crippen molar-refractivity contribution < 1.29 is 19.4 Å². The maximum Gasteiger partial charge on any atom is 0.172 e. The van der Waals surface area contributed by atoms with Crippen molar-refractivity contribution in [2.45, 2.75) is 0 Å². The van der Waals surface area contributed by atoms with Crippen LogP contribution in [0, 0.1) is 0 Å². The molecule has 0 spiro atoms. The van der Waals surface area contributed by atoms with E-state index in [4.69, 9.17) is 14.6 Å². The van der Waals surface area contributed by atoms with Crippen molar-refractivity contribution in [3.8, 4) is 0 Å². The van der Waals surface area contributed by atoms with Crippen molar-refractivity contribution in [2.24, 2.45) is 0 Å². The van der Waals surface area contributed by atoms with Crippen molar-refractivity contribution >= 4 is 5.78 Å². The molecule has 0 bridgehead atoms. The smallest absolute Gasteiger partial charge is 0.172 e. The van der Waals surface area contributed by atoms with Gasteiger partial charge in [-0.15, -0.1) is 0 Å². The fraction of sp³-hybridized carbons (Fsp3) is 0.889. The van der Waals surface area contributed by atoms with Crippen molar-refractivity contribution in [3.05, 3.63) is 0 Å². The lowest BCUT2D eigenvalue weighted by Crippen LogP contribution is -2.36. The van der Waals surface area contributed by atoms with Gasteiger partial charge in [0.15, 0.2) is 5.78 Å². The molecule has 5 heteroatoms. The van der Waals surface area contributed by atoms with E-state index < -0.39 is 0 Å². The highest BCUT2D eigenvalue weighted by Gasteiger charge is 2.09. The van der Waals surface area contributed by atoms with E-state index in [1.165, 1.54) is 7.11 Å². The molecule has 0 radical (unpaired) electrons. The Bertz CT molecular complexity index is 152. The zero-order valence-corrected chi connectivity index (χ0v) is 8.86. The van der Waals surface area contributed by atoms with Crippen LogP contribution in [0.1, 0.15) is 0 Å². The highest BCUT2D eigenvalue weighted by Crippen LogP contribution is 1.89. The van der Waals surface area contributed by atoms with Gasteiger partial charge in [-0.1, -0.05) is 0 Å². The van der Waals surface area contributed by atoms with Crippen molar-refractivity contribution in [1.29, 1.82) is 0 Å². The van der Waals surface area contributed by atoms with Gasteiger partial charge in [-0.2, -0.15) is 0 Å². The van der Waals surface area contributed by atoms with Gasteiger partial charge in [0.2, 0.25) is 0 Å². The summed E-state index contributed by atoms with van der Waals surface area (Å²) in [6, 6.07) is 0. The van der Waals surface area contributed by atoms with Crippen LogP contribution < -0.4 is 0 Å². The highest BCUT2D eigenvalue weighted by atomic mass is 16.5. The number of ketones is 1. The zero-order chi connectivity index (χ0) is 10.8. The fourth-order valence-electron chi connectivity index (χ4n) is 1.09. The highest BCUT2D eigenvalue weighted by molar-refractivity contribution is 5.81. The SMILES string of the molecule is COCCN(CCO)CC(=O)COC. The van der Waals surface area contributed by atoms with Gasteiger partial charge in [-0.05, 0) is 0 Å². The quantitative estimate of drug-likeness (QED) is 0.531. The molecule has 0 aromatic heterocycles. The van der Waals surface area contributed by atoms with E-state index in [9.17, 15) is 4.79 Å². The van der Waals surface area contributed by atoms with Crippen molar-refractivity contribution in [3.63, 3.8) is 0 Å². The summed E-state index contributed by atoms with van der Waals surface area (Å²) < 4.78 is 9.61. The molecular weight excluding hydrogens is 186 g/mol. The van der Waals surface area contributed by atoms with Crippen LogP contribution in [-0.4, -0.2) is 69.5 Å². The molecule has 0 unspecified atom stereocenters. The molecule has 0 saturated heterocycles. The number of hydrogen-bond acceptors (Lipinski definition) is 5. The van der Waals surface area contributed by atoms with E-state index >= 15 is 0 Å². The summed E-state index contributed by atoms with van der Waals surface area (Å²) in [6.07, 6.45) is 0. The first kappa shape index (κ1) is 13.5. The zero-order valence-electron chi connectivity index (χ0n) is 8.86. The molecule has 0 aromatic carbocycles. The third-order valence-corrected chi connectivity index (χ3v) is 1.73. The Morgan fingerprint density at radius 2 is 2.00 bits per heavy atom. The van der Waals surface area contributed by atoms with E-state index in [0.29, 0.717) is 26.2 Å². The standard InChI is InChI=1S/C9H19NO4/c1-13-6-4-10(3-5-11)7-9(12)8-14-2/h11H,3-8H2,1-2H3. The summed E-state index contributed by atoms with van der Waals surface area (Å²) >= 11 is 0. The van der Waals surface area contributed by atoms with Crippen molar-refractivity contribution in [2.75, 3.05) is 53.7 Å². The molecule has 0 aromatic rings. The van der Waals surface area contributed by atoms with E-state index in [2.05, 4.69) is 0 Å². The fourth-order valence-corrected chi connectivity index (χ4v) is 1.09. The van der Waals surface area contributed by atoms with Gasteiger partial charge in [0.05, 0.1) is 19.8 Å². The number of carbonyl (C=O) groups is 1. The Morgan fingerprint density at radius 1 is 1.29 bits per heavy atom. The second kappa shape index (κ2) is 9.08. The lowest BCUT2D eigenvalue weighted by molar-refractivity contribution is -0.124. The molecule has 5 nitrogen and oxygen atoms in total. The first-order chi connectivity index (χ1) is 6.74.